The highest BCUT2D eigenvalue weighted by Crippen LogP contribution is 2.13. The lowest BCUT2D eigenvalue weighted by molar-refractivity contribution is 0.330. The zero-order valence-electron chi connectivity index (χ0n) is 8.89. The van der Waals surface area contributed by atoms with Crippen molar-refractivity contribution >= 4 is 19.9 Å². The zero-order chi connectivity index (χ0) is 11.1. The molecule has 1 fully saturated rings. The molecule has 6 heteroatoms. The molecular weight excluding hydrogens is 234 g/mol. The van der Waals surface area contributed by atoms with E-state index in [0.29, 0.717) is 16.5 Å². The molecule has 0 aromatic rings. The van der Waals surface area contributed by atoms with Crippen LogP contribution in [0, 0.1) is 0 Å². The molecule has 0 unspecified atom stereocenters. The number of hydrogen-bond acceptors (Lipinski definition) is 4. The van der Waals surface area contributed by atoms with E-state index in [1.54, 1.807) is 0 Å². The molecule has 0 spiro atoms. The zero-order valence-corrected chi connectivity index (χ0v) is 10.5. The first-order chi connectivity index (χ1) is 7.08. The topological polar surface area (TPSA) is 57.6 Å². The highest BCUT2D eigenvalue weighted by Gasteiger charge is 2.10. The van der Waals surface area contributed by atoms with Crippen LogP contribution in [0.4, 0.5) is 0 Å². The first-order valence-corrected chi connectivity index (χ1v) is 8.36. The Morgan fingerprint density at radius 2 is 1.80 bits per heavy atom. The largest absolute Gasteiger partial charge is 0.319 e. The van der Waals surface area contributed by atoms with E-state index in [9.17, 15) is 8.42 Å². The van der Waals surface area contributed by atoms with Gasteiger partial charge in [-0.3, -0.25) is 4.55 Å². The molecule has 0 aromatic heterocycles. The Kier molecular flexibility index (Phi) is 5.96. The SMILES string of the molecule is O=S(=O)(O)SCCCCCN1CCCC1. The molecule has 0 atom stereocenters. The minimum Gasteiger partial charge on any atom is -0.303 e. The van der Waals surface area contributed by atoms with Gasteiger partial charge in [0.2, 0.25) is 0 Å². The van der Waals surface area contributed by atoms with Crippen molar-refractivity contribution in [3.05, 3.63) is 0 Å². The second kappa shape index (κ2) is 6.73. The summed E-state index contributed by atoms with van der Waals surface area (Å²) in [6.45, 7) is 3.58. The Balaban J connectivity index is 1.89. The first kappa shape index (κ1) is 13.3. The van der Waals surface area contributed by atoms with Crippen molar-refractivity contribution < 1.29 is 13.0 Å². The Labute approximate surface area is 95.6 Å². The molecule has 1 heterocycles. The summed E-state index contributed by atoms with van der Waals surface area (Å²) in [5.41, 5.74) is 0. The summed E-state index contributed by atoms with van der Waals surface area (Å²) < 4.78 is 29.2. The van der Waals surface area contributed by atoms with Gasteiger partial charge >= 0.3 is 9.15 Å². The van der Waals surface area contributed by atoms with E-state index in [0.717, 1.165) is 25.8 Å². The van der Waals surface area contributed by atoms with Gasteiger partial charge in [-0.1, -0.05) is 6.42 Å². The third-order valence-corrected chi connectivity index (χ3v) is 4.70. The number of rotatable bonds is 7. The summed E-state index contributed by atoms with van der Waals surface area (Å²) in [6, 6.07) is 0. The second-order valence-corrected chi connectivity index (χ2v) is 7.33. The summed E-state index contributed by atoms with van der Waals surface area (Å²) in [6.07, 6.45) is 5.67. The van der Waals surface area contributed by atoms with Crippen LogP contribution in [0.2, 0.25) is 0 Å². The van der Waals surface area contributed by atoms with E-state index in [2.05, 4.69) is 4.90 Å². The molecule has 1 rings (SSSR count). The van der Waals surface area contributed by atoms with E-state index in [1.807, 2.05) is 0 Å². The van der Waals surface area contributed by atoms with Crippen molar-refractivity contribution in [1.29, 1.82) is 0 Å². The average Bonchev–Trinajstić information content (AvgIpc) is 2.61. The van der Waals surface area contributed by atoms with Gasteiger partial charge in [-0.2, -0.15) is 8.42 Å². The van der Waals surface area contributed by atoms with Gasteiger partial charge in [-0.25, -0.2) is 0 Å². The fourth-order valence-electron chi connectivity index (χ4n) is 1.78. The summed E-state index contributed by atoms with van der Waals surface area (Å²) in [7, 11) is -3.19. The quantitative estimate of drug-likeness (QED) is 0.426. The maximum Gasteiger partial charge on any atom is 0.319 e. The molecule has 0 amide bonds. The van der Waals surface area contributed by atoms with Crippen molar-refractivity contribution in [3.63, 3.8) is 0 Å². The molecule has 0 saturated carbocycles. The smallest absolute Gasteiger partial charge is 0.303 e. The average molecular weight is 253 g/mol. The third kappa shape index (κ3) is 7.16. The van der Waals surface area contributed by atoms with Crippen LogP contribution in [0.25, 0.3) is 0 Å². The minimum absolute atomic E-state index is 0.499. The molecule has 1 saturated heterocycles. The molecular formula is C9H19NO3S2. The van der Waals surface area contributed by atoms with Gasteiger partial charge in [0.05, 0.1) is 0 Å². The van der Waals surface area contributed by atoms with Gasteiger partial charge < -0.3 is 4.90 Å². The van der Waals surface area contributed by atoms with Crippen LogP contribution >= 0.6 is 10.8 Å². The van der Waals surface area contributed by atoms with Crippen LogP contribution in [0.1, 0.15) is 32.1 Å². The van der Waals surface area contributed by atoms with E-state index in [4.69, 9.17) is 4.55 Å². The number of nitrogens with zero attached hydrogens (tertiary/aromatic N) is 1. The number of likely N-dealkylation sites (tertiary alicyclic amines) is 1. The molecule has 15 heavy (non-hydrogen) atoms. The Morgan fingerprint density at radius 3 is 2.40 bits per heavy atom. The first-order valence-electron chi connectivity index (χ1n) is 5.42. The Bertz CT molecular complexity index is 261. The fourth-order valence-corrected chi connectivity index (χ4v) is 3.30. The van der Waals surface area contributed by atoms with Gasteiger partial charge in [0.25, 0.3) is 0 Å². The van der Waals surface area contributed by atoms with Gasteiger partial charge in [-0.15, -0.1) is 0 Å². The minimum atomic E-state index is -3.82. The maximum absolute atomic E-state index is 10.4. The lowest BCUT2D eigenvalue weighted by atomic mass is 10.2. The van der Waals surface area contributed by atoms with Gasteiger partial charge in [0.15, 0.2) is 0 Å². The Hall–Kier alpha value is 0.220. The third-order valence-electron chi connectivity index (χ3n) is 2.55. The molecule has 1 aliphatic heterocycles. The molecule has 0 aromatic carbocycles. The van der Waals surface area contributed by atoms with Crippen molar-refractivity contribution in [2.45, 2.75) is 32.1 Å². The van der Waals surface area contributed by atoms with Crippen LogP contribution in [-0.2, 0) is 9.15 Å². The lowest BCUT2D eigenvalue weighted by Crippen LogP contribution is -2.20. The number of unbranched alkanes of at least 4 members (excludes halogenated alkanes) is 2. The van der Waals surface area contributed by atoms with Crippen LogP contribution in [0.15, 0.2) is 0 Å². The van der Waals surface area contributed by atoms with Crippen LogP contribution in [-0.4, -0.2) is 43.3 Å². The highest BCUT2D eigenvalue weighted by molar-refractivity contribution is 8.69. The van der Waals surface area contributed by atoms with Crippen molar-refractivity contribution in [3.8, 4) is 0 Å². The van der Waals surface area contributed by atoms with Crippen molar-refractivity contribution in [2.75, 3.05) is 25.4 Å². The standard InChI is InChI=1S/C9H19NO3S2/c11-15(12,13)14-9-5-1-2-6-10-7-3-4-8-10/h1-9H2,(H,11,12,13). The predicted octanol–water partition coefficient (Wildman–Crippen LogP) is 1.79. The number of hydrogen-bond donors (Lipinski definition) is 1. The summed E-state index contributed by atoms with van der Waals surface area (Å²) >= 11 is 0. The lowest BCUT2D eigenvalue weighted by Gasteiger charge is -2.13. The molecule has 1 N–H and O–H groups in total. The molecule has 90 valence electrons. The van der Waals surface area contributed by atoms with Gasteiger partial charge in [0.1, 0.15) is 0 Å². The molecule has 0 bridgehead atoms. The fraction of sp³-hybridized carbons (Fsp3) is 1.00. The normalized spacial score (nSPS) is 18.5. The van der Waals surface area contributed by atoms with E-state index in [1.165, 1.54) is 25.9 Å². The van der Waals surface area contributed by atoms with E-state index in [-0.39, 0.29) is 0 Å². The monoisotopic (exact) mass is 253 g/mol. The molecule has 4 nitrogen and oxygen atoms in total. The molecule has 1 aliphatic rings. The van der Waals surface area contributed by atoms with Gasteiger partial charge in [-0.05, 0) is 56.1 Å². The Morgan fingerprint density at radius 1 is 1.13 bits per heavy atom. The van der Waals surface area contributed by atoms with Gasteiger partial charge in [0, 0.05) is 5.75 Å². The van der Waals surface area contributed by atoms with Crippen molar-refractivity contribution in [2.24, 2.45) is 0 Å². The predicted molar refractivity (Wildman–Crippen MR) is 63.5 cm³/mol. The highest BCUT2D eigenvalue weighted by atomic mass is 33.1. The van der Waals surface area contributed by atoms with E-state index >= 15 is 0 Å². The van der Waals surface area contributed by atoms with Crippen molar-refractivity contribution in [1.82, 2.24) is 4.90 Å². The second-order valence-electron chi connectivity index (χ2n) is 3.86. The molecule has 0 aliphatic carbocycles. The summed E-state index contributed by atoms with van der Waals surface area (Å²) in [5, 5.41) is 0. The maximum atomic E-state index is 10.4. The van der Waals surface area contributed by atoms with Crippen LogP contribution < -0.4 is 0 Å². The summed E-state index contributed by atoms with van der Waals surface area (Å²) in [4.78, 5) is 2.45. The van der Waals surface area contributed by atoms with Crippen LogP contribution in [0.5, 0.6) is 0 Å². The van der Waals surface area contributed by atoms with E-state index < -0.39 is 9.15 Å². The summed E-state index contributed by atoms with van der Waals surface area (Å²) in [5.74, 6) is 0.499. The van der Waals surface area contributed by atoms with Crippen LogP contribution in [0.3, 0.4) is 0 Å². The molecule has 0 radical (unpaired) electrons.